The highest BCUT2D eigenvalue weighted by atomic mass is 19.1. The van der Waals surface area contributed by atoms with Crippen molar-refractivity contribution in [1.82, 2.24) is 4.90 Å². The first-order valence-electron chi connectivity index (χ1n) is 6.18. The van der Waals surface area contributed by atoms with Crippen LogP contribution >= 0.6 is 0 Å². The van der Waals surface area contributed by atoms with Gasteiger partial charge in [-0.15, -0.1) is 0 Å². The van der Waals surface area contributed by atoms with Gasteiger partial charge in [-0.1, -0.05) is 0 Å². The van der Waals surface area contributed by atoms with E-state index in [1.807, 2.05) is 14.0 Å². The van der Waals surface area contributed by atoms with Crippen molar-refractivity contribution >= 4 is 11.4 Å². The molecule has 1 atom stereocenters. The molecule has 1 aliphatic rings. The van der Waals surface area contributed by atoms with Crippen molar-refractivity contribution in [3.8, 4) is 0 Å². The van der Waals surface area contributed by atoms with Gasteiger partial charge in [0.15, 0.2) is 11.6 Å². The zero-order valence-electron chi connectivity index (χ0n) is 10.8. The molecule has 100 valence electrons. The fraction of sp³-hybridized carbons (Fsp3) is 0.538. The van der Waals surface area contributed by atoms with Gasteiger partial charge < -0.3 is 15.5 Å². The largest absolute Gasteiger partial charge is 0.399 e. The van der Waals surface area contributed by atoms with Gasteiger partial charge in [-0.25, -0.2) is 8.78 Å². The van der Waals surface area contributed by atoms with Gasteiger partial charge >= 0.3 is 0 Å². The second-order valence-corrected chi connectivity index (χ2v) is 4.99. The summed E-state index contributed by atoms with van der Waals surface area (Å²) in [6, 6.07) is 2.43. The van der Waals surface area contributed by atoms with Crippen molar-refractivity contribution in [1.29, 1.82) is 0 Å². The lowest BCUT2D eigenvalue weighted by Crippen LogP contribution is -2.39. The first-order chi connectivity index (χ1) is 8.49. The summed E-state index contributed by atoms with van der Waals surface area (Å²) in [5.74, 6) is -1.16. The highest BCUT2D eigenvalue weighted by Crippen LogP contribution is 2.28. The van der Waals surface area contributed by atoms with E-state index in [-0.39, 0.29) is 17.4 Å². The van der Waals surface area contributed by atoms with E-state index in [9.17, 15) is 8.78 Å². The molecule has 1 saturated heterocycles. The van der Waals surface area contributed by atoms with Crippen LogP contribution in [0.3, 0.4) is 0 Å². The van der Waals surface area contributed by atoms with Crippen LogP contribution in [0.25, 0.3) is 0 Å². The van der Waals surface area contributed by atoms with Crippen LogP contribution in [0.4, 0.5) is 20.2 Å². The molecule has 1 unspecified atom stereocenters. The maximum atomic E-state index is 13.9. The van der Waals surface area contributed by atoms with Crippen LogP contribution in [-0.4, -0.2) is 37.6 Å². The summed E-state index contributed by atoms with van der Waals surface area (Å²) >= 11 is 0. The molecular formula is C13H19F2N3. The summed E-state index contributed by atoms with van der Waals surface area (Å²) in [6.45, 7) is 4.38. The van der Waals surface area contributed by atoms with Crippen LogP contribution in [-0.2, 0) is 0 Å². The monoisotopic (exact) mass is 255 g/mol. The lowest BCUT2D eigenvalue weighted by molar-refractivity contribution is 0.336. The number of halogens is 2. The fourth-order valence-corrected chi connectivity index (χ4v) is 2.56. The van der Waals surface area contributed by atoms with E-state index in [4.69, 9.17) is 5.73 Å². The molecule has 1 aromatic rings. The zero-order valence-corrected chi connectivity index (χ0v) is 10.8. The van der Waals surface area contributed by atoms with E-state index in [0.717, 1.165) is 19.5 Å². The van der Waals surface area contributed by atoms with E-state index < -0.39 is 11.6 Å². The predicted octanol–water partition coefficient (Wildman–Crippen LogP) is 2.08. The lowest BCUT2D eigenvalue weighted by atomic mass is 10.2. The van der Waals surface area contributed by atoms with Crippen LogP contribution in [0.2, 0.25) is 0 Å². The maximum Gasteiger partial charge on any atom is 0.151 e. The molecule has 0 spiro atoms. The minimum Gasteiger partial charge on any atom is -0.399 e. The van der Waals surface area contributed by atoms with Crippen molar-refractivity contribution in [3.05, 3.63) is 23.8 Å². The average molecular weight is 255 g/mol. The highest BCUT2D eigenvalue weighted by Gasteiger charge is 2.25. The van der Waals surface area contributed by atoms with E-state index in [1.165, 1.54) is 12.1 Å². The van der Waals surface area contributed by atoms with Crippen LogP contribution in [0.15, 0.2) is 12.1 Å². The minimum absolute atomic E-state index is 0.0481. The second kappa shape index (κ2) is 5.10. The molecule has 1 fully saturated rings. The molecule has 18 heavy (non-hydrogen) atoms. The number of hydrogen-bond acceptors (Lipinski definition) is 3. The SMILES string of the molecule is CC1CN(C)CCCN1c1c(F)cc(N)cc1F. The molecule has 0 aromatic heterocycles. The molecule has 1 aromatic carbocycles. The van der Waals surface area contributed by atoms with Crippen molar-refractivity contribution in [3.63, 3.8) is 0 Å². The van der Waals surface area contributed by atoms with Crippen molar-refractivity contribution in [2.24, 2.45) is 0 Å². The van der Waals surface area contributed by atoms with Crippen LogP contribution in [0.5, 0.6) is 0 Å². The lowest BCUT2D eigenvalue weighted by Gasteiger charge is -2.30. The Hall–Kier alpha value is -1.36. The summed E-state index contributed by atoms with van der Waals surface area (Å²) < 4.78 is 27.8. The van der Waals surface area contributed by atoms with E-state index in [0.29, 0.717) is 6.54 Å². The van der Waals surface area contributed by atoms with Gasteiger partial charge in [0.25, 0.3) is 0 Å². The van der Waals surface area contributed by atoms with Gasteiger partial charge in [-0.2, -0.15) is 0 Å². The van der Waals surface area contributed by atoms with Crippen LogP contribution in [0.1, 0.15) is 13.3 Å². The Morgan fingerprint density at radius 3 is 2.44 bits per heavy atom. The van der Waals surface area contributed by atoms with Crippen LogP contribution in [0, 0.1) is 11.6 Å². The van der Waals surface area contributed by atoms with Crippen molar-refractivity contribution in [2.75, 3.05) is 37.3 Å². The third-order valence-electron chi connectivity index (χ3n) is 3.37. The number of anilines is 2. The van der Waals surface area contributed by atoms with E-state index >= 15 is 0 Å². The number of nitrogens with two attached hydrogens (primary N) is 1. The van der Waals surface area contributed by atoms with Gasteiger partial charge in [-0.05, 0) is 39.1 Å². The van der Waals surface area contributed by atoms with Gasteiger partial charge in [0.05, 0.1) is 0 Å². The van der Waals surface area contributed by atoms with Gasteiger partial charge in [-0.3, -0.25) is 0 Å². The average Bonchev–Trinajstić information content (AvgIpc) is 2.39. The predicted molar refractivity (Wildman–Crippen MR) is 69.7 cm³/mol. The number of rotatable bonds is 1. The molecular weight excluding hydrogens is 236 g/mol. The Balaban J connectivity index is 2.35. The quantitative estimate of drug-likeness (QED) is 0.780. The molecule has 0 bridgehead atoms. The molecule has 2 rings (SSSR count). The first kappa shape index (κ1) is 13.1. The number of benzene rings is 1. The highest BCUT2D eigenvalue weighted by molar-refractivity contribution is 5.56. The van der Waals surface area contributed by atoms with E-state index in [1.54, 1.807) is 4.90 Å². The summed E-state index contributed by atoms with van der Waals surface area (Å²) in [6.07, 6.45) is 0.893. The number of likely N-dealkylation sites (N-methyl/N-ethyl adjacent to an activating group) is 1. The Bertz CT molecular complexity index is 413. The summed E-state index contributed by atoms with van der Waals surface area (Å²) in [7, 11) is 2.02. The zero-order chi connectivity index (χ0) is 13.3. The minimum atomic E-state index is -0.580. The van der Waals surface area contributed by atoms with Crippen LogP contribution < -0.4 is 10.6 Å². The number of nitrogens with zero attached hydrogens (tertiary/aromatic N) is 2. The summed E-state index contributed by atoms with van der Waals surface area (Å²) in [4.78, 5) is 3.98. The Morgan fingerprint density at radius 1 is 1.22 bits per heavy atom. The summed E-state index contributed by atoms with van der Waals surface area (Å²) in [5, 5.41) is 0. The second-order valence-electron chi connectivity index (χ2n) is 4.99. The Kier molecular flexibility index (Phi) is 3.71. The van der Waals surface area contributed by atoms with Gasteiger partial charge in [0, 0.05) is 24.8 Å². The van der Waals surface area contributed by atoms with Gasteiger partial charge in [0.2, 0.25) is 0 Å². The smallest absolute Gasteiger partial charge is 0.151 e. The van der Waals surface area contributed by atoms with E-state index in [2.05, 4.69) is 4.90 Å². The molecule has 1 aliphatic heterocycles. The Labute approximate surface area is 106 Å². The third kappa shape index (κ3) is 2.56. The number of hydrogen-bond donors (Lipinski definition) is 1. The van der Waals surface area contributed by atoms with Gasteiger partial charge in [0.1, 0.15) is 5.69 Å². The molecule has 3 nitrogen and oxygen atoms in total. The third-order valence-corrected chi connectivity index (χ3v) is 3.37. The molecule has 0 aliphatic carbocycles. The Morgan fingerprint density at radius 2 is 1.83 bits per heavy atom. The molecule has 1 heterocycles. The molecule has 5 heteroatoms. The topological polar surface area (TPSA) is 32.5 Å². The van der Waals surface area contributed by atoms with Crippen molar-refractivity contribution < 1.29 is 8.78 Å². The fourth-order valence-electron chi connectivity index (χ4n) is 2.56. The normalized spacial score (nSPS) is 22.0. The molecule has 0 saturated carbocycles. The first-order valence-corrected chi connectivity index (χ1v) is 6.18. The number of nitrogen functional groups attached to an aromatic ring is 1. The van der Waals surface area contributed by atoms with Crippen molar-refractivity contribution in [2.45, 2.75) is 19.4 Å². The standard InChI is InChI=1S/C13H19F2N3/c1-9-8-17(2)4-3-5-18(9)13-11(14)6-10(16)7-12(13)15/h6-7,9H,3-5,8,16H2,1-2H3. The molecule has 0 radical (unpaired) electrons. The summed E-state index contributed by atoms with van der Waals surface area (Å²) in [5.41, 5.74) is 5.61. The molecule has 2 N–H and O–H groups in total. The molecule has 0 amide bonds. The maximum absolute atomic E-state index is 13.9.